The van der Waals surface area contributed by atoms with Crippen LogP contribution in [-0.4, -0.2) is 59.9 Å². The van der Waals surface area contributed by atoms with E-state index in [-0.39, 0.29) is 30.1 Å². The fraction of sp³-hybridized carbons (Fsp3) is 0.448. The van der Waals surface area contributed by atoms with Crippen LogP contribution >= 0.6 is 0 Å². The summed E-state index contributed by atoms with van der Waals surface area (Å²) in [5.74, 6) is -0.308. The van der Waals surface area contributed by atoms with E-state index < -0.39 is 0 Å². The molecular weight excluding hydrogens is 457 g/mol. The Morgan fingerprint density at radius 3 is 2.53 bits per heavy atom. The molecule has 2 amide bonds. The van der Waals surface area contributed by atoms with Gasteiger partial charge in [-0.15, -0.1) is 0 Å². The van der Waals surface area contributed by atoms with Crippen molar-refractivity contribution >= 4 is 22.7 Å². The molecule has 1 aromatic heterocycles. The van der Waals surface area contributed by atoms with Crippen molar-refractivity contribution in [3.8, 4) is 0 Å². The first-order valence-electron chi connectivity index (χ1n) is 12.9. The van der Waals surface area contributed by atoms with Gasteiger partial charge in [-0.3, -0.25) is 9.59 Å². The van der Waals surface area contributed by atoms with Gasteiger partial charge in [0.05, 0.1) is 6.54 Å². The number of fused-ring (bicyclic) bond motifs is 1. The summed E-state index contributed by atoms with van der Waals surface area (Å²) in [6, 6.07) is 14.4. The first-order valence-corrected chi connectivity index (χ1v) is 12.9. The molecule has 192 valence electrons. The fourth-order valence-corrected chi connectivity index (χ4v) is 5.06. The first-order chi connectivity index (χ1) is 17.5. The number of hydrogen-bond acceptors (Lipinski definition) is 3. The number of amides is 2. The lowest BCUT2D eigenvalue weighted by molar-refractivity contribution is -0.143. The van der Waals surface area contributed by atoms with Gasteiger partial charge in [0, 0.05) is 56.4 Å². The molecule has 1 heterocycles. The van der Waals surface area contributed by atoms with E-state index in [1.807, 2.05) is 24.4 Å². The summed E-state index contributed by atoms with van der Waals surface area (Å²) >= 11 is 0. The van der Waals surface area contributed by atoms with Crippen molar-refractivity contribution in [3.63, 3.8) is 0 Å². The predicted molar refractivity (Wildman–Crippen MR) is 139 cm³/mol. The highest BCUT2D eigenvalue weighted by Crippen LogP contribution is 2.27. The molecule has 0 unspecified atom stereocenters. The molecule has 2 aromatic carbocycles. The molecule has 1 aliphatic carbocycles. The summed E-state index contributed by atoms with van der Waals surface area (Å²) in [7, 11) is 1.64. The van der Waals surface area contributed by atoms with E-state index in [9.17, 15) is 14.0 Å². The van der Waals surface area contributed by atoms with Crippen LogP contribution in [-0.2, 0) is 27.3 Å². The maximum atomic E-state index is 13.6. The van der Waals surface area contributed by atoms with Gasteiger partial charge in [0.15, 0.2) is 0 Å². The maximum absolute atomic E-state index is 13.6. The summed E-state index contributed by atoms with van der Waals surface area (Å²) in [4.78, 5) is 33.7. The van der Waals surface area contributed by atoms with Gasteiger partial charge in [0.1, 0.15) is 5.82 Å². The molecule has 7 heteroatoms. The van der Waals surface area contributed by atoms with E-state index in [2.05, 4.69) is 11.1 Å². The third kappa shape index (κ3) is 6.72. The van der Waals surface area contributed by atoms with Crippen molar-refractivity contribution in [1.82, 2.24) is 14.8 Å². The Morgan fingerprint density at radius 2 is 1.78 bits per heavy atom. The van der Waals surface area contributed by atoms with E-state index in [0.29, 0.717) is 39.1 Å². The Morgan fingerprint density at radius 1 is 1.03 bits per heavy atom. The molecule has 1 aliphatic rings. The Balaban J connectivity index is 1.49. The minimum absolute atomic E-state index is 0.0112. The van der Waals surface area contributed by atoms with E-state index in [1.54, 1.807) is 29.0 Å². The lowest BCUT2D eigenvalue weighted by atomic mass is 10.1. The van der Waals surface area contributed by atoms with Gasteiger partial charge in [-0.1, -0.05) is 43.2 Å². The van der Waals surface area contributed by atoms with E-state index >= 15 is 0 Å². The fourth-order valence-electron chi connectivity index (χ4n) is 5.06. The van der Waals surface area contributed by atoms with Crippen LogP contribution in [0.25, 0.3) is 10.9 Å². The van der Waals surface area contributed by atoms with Crippen molar-refractivity contribution in [2.75, 3.05) is 33.4 Å². The second kappa shape index (κ2) is 12.7. The van der Waals surface area contributed by atoms with Gasteiger partial charge in [0.2, 0.25) is 11.8 Å². The highest BCUT2D eigenvalue weighted by molar-refractivity contribution is 5.86. The zero-order valence-electron chi connectivity index (χ0n) is 21.0. The highest BCUT2D eigenvalue weighted by Gasteiger charge is 2.29. The second-order valence-corrected chi connectivity index (χ2v) is 9.64. The molecular formula is C29H36FN3O3. The molecule has 4 rings (SSSR count). The summed E-state index contributed by atoms with van der Waals surface area (Å²) < 4.78 is 18.7. The number of nitrogens with one attached hydrogen (secondary N) is 1. The van der Waals surface area contributed by atoms with Crippen LogP contribution in [0.3, 0.4) is 0 Å². The van der Waals surface area contributed by atoms with Gasteiger partial charge < -0.3 is 19.5 Å². The molecule has 0 aliphatic heterocycles. The number of carbonyl (C=O) groups excluding carboxylic acids is 2. The molecule has 36 heavy (non-hydrogen) atoms. The van der Waals surface area contributed by atoms with Gasteiger partial charge in [-0.05, 0) is 55.0 Å². The number of methoxy groups -OCH3 is 1. The molecule has 3 aromatic rings. The zero-order chi connectivity index (χ0) is 25.3. The van der Waals surface area contributed by atoms with Crippen LogP contribution in [0.4, 0.5) is 4.39 Å². The predicted octanol–water partition coefficient (Wildman–Crippen LogP) is 4.93. The number of carbonyl (C=O) groups is 2. The topological polar surface area (TPSA) is 65.6 Å². The summed E-state index contributed by atoms with van der Waals surface area (Å²) in [5, 5.41) is 1.14. The number of nitrogens with zero attached hydrogens (tertiary/aromatic N) is 2. The molecule has 6 nitrogen and oxygen atoms in total. The van der Waals surface area contributed by atoms with Crippen molar-refractivity contribution < 1.29 is 18.7 Å². The number of H-pyrrole nitrogens is 1. The van der Waals surface area contributed by atoms with Crippen LogP contribution in [0, 0.1) is 11.7 Å². The molecule has 1 fully saturated rings. The van der Waals surface area contributed by atoms with Gasteiger partial charge in [-0.2, -0.15) is 0 Å². The van der Waals surface area contributed by atoms with Crippen LogP contribution in [0.2, 0.25) is 0 Å². The van der Waals surface area contributed by atoms with Crippen molar-refractivity contribution in [3.05, 3.63) is 71.7 Å². The largest absolute Gasteiger partial charge is 0.385 e. The number of rotatable bonds is 12. The number of aromatic amines is 1. The van der Waals surface area contributed by atoms with Crippen molar-refractivity contribution in [2.45, 2.75) is 45.1 Å². The van der Waals surface area contributed by atoms with Crippen molar-refractivity contribution in [2.24, 2.45) is 5.92 Å². The number of aromatic nitrogens is 1. The van der Waals surface area contributed by atoms with Crippen LogP contribution in [0.15, 0.2) is 54.7 Å². The average Bonchev–Trinajstić information content (AvgIpc) is 3.57. The van der Waals surface area contributed by atoms with Crippen molar-refractivity contribution in [1.29, 1.82) is 0 Å². The van der Waals surface area contributed by atoms with Crippen LogP contribution < -0.4 is 0 Å². The lowest BCUT2D eigenvalue weighted by Gasteiger charge is -2.29. The number of ether oxygens (including phenoxy) is 1. The zero-order valence-corrected chi connectivity index (χ0v) is 21.0. The molecule has 0 radical (unpaired) electrons. The SMILES string of the molecule is COCCCN(CC(=O)N(CCc1c[nH]c2ccccc12)Cc1ccc(F)cc1)C(=O)C1CCCC1. The number of para-hydroxylation sites is 1. The molecule has 0 atom stereocenters. The molecule has 0 spiro atoms. The second-order valence-electron chi connectivity index (χ2n) is 9.64. The molecule has 0 bridgehead atoms. The van der Waals surface area contributed by atoms with E-state index in [0.717, 1.165) is 47.7 Å². The van der Waals surface area contributed by atoms with Crippen LogP contribution in [0.1, 0.15) is 43.2 Å². The number of hydrogen-bond donors (Lipinski definition) is 1. The normalized spacial score (nSPS) is 13.8. The molecule has 0 saturated heterocycles. The Hall–Kier alpha value is -3.19. The van der Waals surface area contributed by atoms with Gasteiger partial charge in [-0.25, -0.2) is 4.39 Å². The molecule has 1 saturated carbocycles. The summed E-state index contributed by atoms with van der Waals surface area (Å²) in [6.07, 6.45) is 7.29. The van der Waals surface area contributed by atoms with E-state index in [4.69, 9.17) is 4.74 Å². The highest BCUT2D eigenvalue weighted by atomic mass is 19.1. The first kappa shape index (κ1) is 25.9. The Kier molecular flexibility index (Phi) is 9.11. The van der Waals surface area contributed by atoms with Crippen LogP contribution in [0.5, 0.6) is 0 Å². The van der Waals surface area contributed by atoms with Gasteiger partial charge >= 0.3 is 0 Å². The third-order valence-electron chi connectivity index (χ3n) is 7.08. The Labute approximate surface area is 212 Å². The monoisotopic (exact) mass is 493 g/mol. The summed E-state index contributed by atoms with van der Waals surface area (Å²) in [5.41, 5.74) is 3.06. The smallest absolute Gasteiger partial charge is 0.242 e. The lowest BCUT2D eigenvalue weighted by Crippen LogP contribution is -2.45. The summed E-state index contributed by atoms with van der Waals surface area (Å²) in [6.45, 7) is 1.96. The number of benzene rings is 2. The standard InChI is InChI=1S/C29H36FN3O3/c1-36-18-6-16-33(29(35)23-7-2-3-8-23)21-28(34)32(20-22-11-13-25(30)14-12-22)17-15-24-19-31-27-10-5-4-9-26(24)27/h4-5,9-14,19,23,31H,2-3,6-8,15-18,20-21H2,1H3. The Bertz CT molecular complexity index is 1140. The van der Waals surface area contributed by atoms with Gasteiger partial charge in [0.25, 0.3) is 0 Å². The minimum Gasteiger partial charge on any atom is -0.385 e. The maximum Gasteiger partial charge on any atom is 0.242 e. The quantitative estimate of drug-likeness (QED) is 0.364. The number of halogens is 1. The minimum atomic E-state index is -0.304. The third-order valence-corrected chi connectivity index (χ3v) is 7.08. The average molecular weight is 494 g/mol. The van der Waals surface area contributed by atoms with E-state index in [1.165, 1.54) is 12.1 Å². The molecule has 1 N–H and O–H groups in total.